The minimum absolute atomic E-state index is 0. The number of hydrogen-bond donors (Lipinski definition) is 1. The van der Waals surface area contributed by atoms with Crippen LogP contribution in [0.15, 0.2) is 47.1 Å². The number of rotatable bonds is 4. The summed E-state index contributed by atoms with van der Waals surface area (Å²) in [6.45, 7) is 0.521. The van der Waals surface area contributed by atoms with Gasteiger partial charge in [0.2, 0.25) is 0 Å². The number of likely N-dealkylation sites (N-methyl/N-ethyl adjacent to an activating group) is 1. The van der Waals surface area contributed by atoms with Crippen LogP contribution >= 0.6 is 24.0 Å². The van der Waals surface area contributed by atoms with E-state index in [1.807, 2.05) is 25.1 Å². The number of hydrogen-bond acceptors (Lipinski definition) is 4. The molecule has 0 aliphatic heterocycles. The molecule has 0 bridgehead atoms. The second-order valence-electron chi connectivity index (χ2n) is 6.05. The van der Waals surface area contributed by atoms with Crippen LogP contribution in [0, 0.1) is 0 Å². The summed E-state index contributed by atoms with van der Waals surface area (Å²) in [5.74, 6) is -0.0611. The summed E-state index contributed by atoms with van der Waals surface area (Å²) in [6, 6.07) is 8.37. The maximum absolute atomic E-state index is 13.0. The highest BCUT2D eigenvalue weighted by molar-refractivity contribution is 6.30. The number of benzene rings is 1. The van der Waals surface area contributed by atoms with Gasteiger partial charge in [0.25, 0.3) is 0 Å². The summed E-state index contributed by atoms with van der Waals surface area (Å²) in [5.41, 5.74) is -0.349. The molecule has 6 heteroatoms. The van der Waals surface area contributed by atoms with E-state index in [0.717, 1.165) is 5.56 Å². The van der Waals surface area contributed by atoms with Crippen molar-refractivity contribution in [1.29, 1.82) is 0 Å². The number of fused-ring (bicyclic) bond motifs is 1. The molecule has 24 heavy (non-hydrogen) atoms. The number of carbonyl (C=O) groups excluding carboxylic acids is 1. The van der Waals surface area contributed by atoms with Crippen molar-refractivity contribution in [3.63, 3.8) is 0 Å². The zero-order chi connectivity index (χ0) is 16.6. The molecule has 0 spiro atoms. The number of aliphatic hydroxyl groups is 1. The van der Waals surface area contributed by atoms with Gasteiger partial charge in [-0.3, -0.25) is 4.79 Å². The van der Waals surface area contributed by atoms with Gasteiger partial charge in [0.05, 0.1) is 6.26 Å². The van der Waals surface area contributed by atoms with Crippen LogP contribution in [0.5, 0.6) is 0 Å². The number of ketones is 1. The first kappa shape index (κ1) is 18.7. The first-order valence-electron chi connectivity index (χ1n) is 7.36. The van der Waals surface area contributed by atoms with Crippen molar-refractivity contribution in [3.05, 3.63) is 64.6 Å². The molecule has 0 amide bonds. The fourth-order valence-corrected chi connectivity index (χ4v) is 3.11. The monoisotopic (exact) mass is 367 g/mol. The Labute approximate surface area is 152 Å². The van der Waals surface area contributed by atoms with Gasteiger partial charge in [-0.25, -0.2) is 0 Å². The molecule has 2 unspecified atom stereocenters. The van der Waals surface area contributed by atoms with Crippen molar-refractivity contribution in [2.75, 3.05) is 20.6 Å². The van der Waals surface area contributed by atoms with Crippen molar-refractivity contribution < 1.29 is 14.3 Å². The zero-order valence-electron chi connectivity index (χ0n) is 13.4. The van der Waals surface area contributed by atoms with Gasteiger partial charge < -0.3 is 14.4 Å². The molecule has 128 valence electrons. The van der Waals surface area contributed by atoms with Crippen molar-refractivity contribution in [3.8, 4) is 0 Å². The summed E-state index contributed by atoms with van der Waals surface area (Å²) >= 11 is 5.88. The predicted octanol–water partition coefficient (Wildman–Crippen LogP) is 3.64. The van der Waals surface area contributed by atoms with Crippen LogP contribution in [-0.4, -0.2) is 42.0 Å². The predicted molar refractivity (Wildman–Crippen MR) is 97.0 cm³/mol. The van der Waals surface area contributed by atoms with Crippen LogP contribution in [0.1, 0.15) is 27.6 Å². The third-order valence-corrected chi connectivity index (χ3v) is 4.39. The molecule has 4 nitrogen and oxygen atoms in total. The van der Waals surface area contributed by atoms with Crippen LogP contribution in [0.2, 0.25) is 5.02 Å². The highest BCUT2D eigenvalue weighted by Gasteiger charge is 2.46. The highest BCUT2D eigenvalue weighted by Crippen LogP contribution is 2.40. The molecule has 1 aromatic carbocycles. The van der Waals surface area contributed by atoms with Crippen molar-refractivity contribution in [2.45, 2.75) is 11.5 Å². The Morgan fingerprint density at radius 2 is 1.96 bits per heavy atom. The average Bonchev–Trinajstić information content (AvgIpc) is 2.99. The maximum Gasteiger partial charge on any atom is 0.198 e. The molecule has 0 radical (unpaired) electrons. The van der Waals surface area contributed by atoms with Gasteiger partial charge in [-0.15, -0.1) is 12.4 Å². The largest absolute Gasteiger partial charge is 0.465 e. The van der Waals surface area contributed by atoms with Crippen LogP contribution < -0.4 is 0 Å². The molecule has 0 saturated heterocycles. The van der Waals surface area contributed by atoms with Crippen molar-refractivity contribution >= 4 is 35.9 Å². The third-order valence-electron chi connectivity index (χ3n) is 4.14. The molecule has 2 atom stereocenters. The average molecular weight is 368 g/mol. The Morgan fingerprint density at radius 3 is 2.58 bits per heavy atom. The molecule has 2 aromatic rings. The first-order valence-corrected chi connectivity index (χ1v) is 7.73. The van der Waals surface area contributed by atoms with Crippen LogP contribution in [0.4, 0.5) is 0 Å². The summed E-state index contributed by atoms with van der Waals surface area (Å²) in [6.07, 6.45) is 4.77. The molecule has 0 saturated carbocycles. The second-order valence-corrected chi connectivity index (χ2v) is 6.49. The van der Waals surface area contributed by atoms with Crippen molar-refractivity contribution in [2.24, 2.45) is 0 Å². The topological polar surface area (TPSA) is 53.7 Å². The molecule has 1 heterocycles. The quantitative estimate of drug-likeness (QED) is 0.838. The number of halogens is 2. The minimum Gasteiger partial charge on any atom is -0.465 e. The van der Waals surface area contributed by atoms with E-state index >= 15 is 0 Å². The van der Waals surface area contributed by atoms with Crippen LogP contribution in [-0.2, 0) is 0 Å². The first-order chi connectivity index (χ1) is 10.9. The van der Waals surface area contributed by atoms with E-state index in [9.17, 15) is 9.90 Å². The number of Topliss-reactive ketones (excluding diaryl/α,β-unsaturated/α-hetero) is 1. The van der Waals surface area contributed by atoms with E-state index in [0.29, 0.717) is 22.9 Å². The summed E-state index contributed by atoms with van der Waals surface area (Å²) in [5, 5.41) is 11.7. The SMILES string of the molecule is CN(C)CC1c2ccoc2C=CC1(O)C(=O)c1ccc(Cl)cc1.Cl. The molecular formula is C18H19Cl2NO3. The lowest BCUT2D eigenvalue weighted by atomic mass is 9.74. The van der Waals surface area contributed by atoms with Gasteiger partial charge in [0, 0.05) is 28.6 Å². The lowest BCUT2D eigenvalue weighted by Crippen LogP contribution is -2.47. The molecule has 0 fully saturated rings. The summed E-state index contributed by atoms with van der Waals surface area (Å²) in [4.78, 5) is 14.9. The van der Waals surface area contributed by atoms with E-state index < -0.39 is 11.5 Å². The van der Waals surface area contributed by atoms with E-state index in [2.05, 4.69) is 0 Å². The van der Waals surface area contributed by atoms with Crippen molar-refractivity contribution in [1.82, 2.24) is 4.90 Å². The molecule has 1 aliphatic rings. The van der Waals surface area contributed by atoms with E-state index in [1.165, 1.54) is 6.08 Å². The zero-order valence-corrected chi connectivity index (χ0v) is 15.0. The highest BCUT2D eigenvalue weighted by atomic mass is 35.5. The summed E-state index contributed by atoms with van der Waals surface area (Å²) < 4.78 is 5.42. The molecule has 1 aromatic heterocycles. The standard InChI is InChI=1S/C18H18ClNO3.ClH/c1-20(2)11-15-14-8-10-23-16(14)7-9-18(15,22)17(21)12-3-5-13(19)6-4-12;/h3-10,15,22H,11H2,1-2H3;1H. The fraction of sp³-hybridized carbons (Fsp3) is 0.278. The molecular weight excluding hydrogens is 349 g/mol. The van der Waals surface area contributed by atoms with Gasteiger partial charge >= 0.3 is 0 Å². The Morgan fingerprint density at radius 1 is 1.29 bits per heavy atom. The van der Waals surface area contributed by atoms with E-state index in [-0.39, 0.29) is 18.2 Å². The van der Waals surface area contributed by atoms with E-state index in [1.54, 1.807) is 36.6 Å². The van der Waals surface area contributed by atoms with Crippen LogP contribution in [0.25, 0.3) is 6.08 Å². The van der Waals surface area contributed by atoms with Gasteiger partial charge in [0.1, 0.15) is 5.76 Å². The summed E-state index contributed by atoms with van der Waals surface area (Å²) in [7, 11) is 3.82. The molecule has 1 N–H and O–H groups in total. The van der Waals surface area contributed by atoms with E-state index in [4.69, 9.17) is 16.0 Å². The lowest BCUT2D eigenvalue weighted by Gasteiger charge is -2.36. The van der Waals surface area contributed by atoms with Gasteiger partial charge in [0.15, 0.2) is 11.4 Å². The Kier molecular flexibility index (Phi) is 5.56. The Bertz CT molecular complexity index is 752. The van der Waals surface area contributed by atoms with Crippen LogP contribution in [0.3, 0.4) is 0 Å². The smallest absolute Gasteiger partial charge is 0.198 e. The Hall–Kier alpha value is -1.59. The van der Waals surface area contributed by atoms with Gasteiger partial charge in [-0.2, -0.15) is 0 Å². The normalized spacial score (nSPS) is 22.1. The van der Waals surface area contributed by atoms with Gasteiger partial charge in [-0.05, 0) is 56.6 Å². The molecule has 1 aliphatic carbocycles. The number of furan rings is 1. The number of carbonyl (C=O) groups is 1. The maximum atomic E-state index is 13.0. The fourth-order valence-electron chi connectivity index (χ4n) is 2.98. The second kappa shape index (κ2) is 7.11. The lowest BCUT2D eigenvalue weighted by molar-refractivity contribution is 0.0365. The Balaban J connectivity index is 0.00000208. The third kappa shape index (κ3) is 3.28. The van der Waals surface area contributed by atoms with Gasteiger partial charge in [-0.1, -0.05) is 11.6 Å². The minimum atomic E-state index is -1.62. The molecule has 3 rings (SSSR count). The number of nitrogens with zero attached hydrogens (tertiary/aromatic N) is 1.